The molecule has 0 aliphatic rings. The third kappa shape index (κ3) is 3.00. The first kappa shape index (κ1) is 12.1. The van der Waals surface area contributed by atoms with Gasteiger partial charge in [-0.15, -0.1) is 11.6 Å². The topological polar surface area (TPSA) is 45.8 Å². The summed E-state index contributed by atoms with van der Waals surface area (Å²) in [5, 5.41) is 0.666. The van der Waals surface area contributed by atoms with Crippen LogP contribution in [0.25, 0.3) is 0 Å². The van der Waals surface area contributed by atoms with E-state index in [0.29, 0.717) is 15.4 Å². The number of halogens is 2. The summed E-state index contributed by atoms with van der Waals surface area (Å²) in [6, 6.07) is 0. The Labute approximate surface area is 99.8 Å². The van der Waals surface area contributed by atoms with Crippen LogP contribution in [0.3, 0.4) is 0 Å². The Kier molecular flexibility index (Phi) is 4.04. The van der Waals surface area contributed by atoms with E-state index >= 15 is 0 Å². The van der Waals surface area contributed by atoms with Gasteiger partial charge in [-0.3, -0.25) is 4.79 Å². The van der Waals surface area contributed by atoms with E-state index in [1.807, 2.05) is 13.8 Å². The summed E-state index contributed by atoms with van der Waals surface area (Å²) < 4.78 is 0.327. The molecule has 0 aliphatic carbocycles. The van der Waals surface area contributed by atoms with E-state index < -0.39 is 0 Å². The molecule has 0 saturated heterocycles. The van der Waals surface area contributed by atoms with E-state index in [9.17, 15) is 4.79 Å². The number of alkyl halides is 1. The van der Waals surface area contributed by atoms with Gasteiger partial charge in [0, 0.05) is 10.6 Å². The zero-order chi connectivity index (χ0) is 10.8. The summed E-state index contributed by atoms with van der Waals surface area (Å²) in [5.41, 5.74) is -0.173. The highest BCUT2D eigenvalue weighted by molar-refractivity contribution is 9.10. The Hall–Kier alpha value is -0.000000000000000167. The molecule has 0 unspecified atom stereocenters. The molecular formula is C8H10BrClN2OS. The van der Waals surface area contributed by atoms with Crippen molar-refractivity contribution in [3.8, 4) is 0 Å². The van der Waals surface area contributed by atoms with Crippen LogP contribution >= 0.6 is 39.3 Å². The van der Waals surface area contributed by atoms with Gasteiger partial charge in [-0.1, -0.05) is 11.8 Å². The van der Waals surface area contributed by atoms with Crippen molar-refractivity contribution in [2.45, 2.75) is 23.6 Å². The second-order valence-electron chi connectivity index (χ2n) is 3.35. The molecule has 0 amide bonds. The Bertz CT molecular complexity index is 380. The van der Waals surface area contributed by atoms with Crippen molar-refractivity contribution in [3.05, 3.63) is 21.2 Å². The predicted molar refractivity (Wildman–Crippen MR) is 63.2 cm³/mol. The monoisotopic (exact) mass is 296 g/mol. The fraction of sp³-hybridized carbons (Fsp3) is 0.500. The minimum Gasteiger partial charge on any atom is -0.312 e. The maximum absolute atomic E-state index is 11.2. The van der Waals surface area contributed by atoms with Crippen LogP contribution in [0.2, 0.25) is 0 Å². The van der Waals surface area contributed by atoms with Gasteiger partial charge in [0.15, 0.2) is 0 Å². The summed E-state index contributed by atoms with van der Waals surface area (Å²) in [6.45, 7) is 4.00. The molecule has 0 fully saturated rings. The molecule has 0 atom stereocenters. The largest absolute Gasteiger partial charge is 0.312 e. The summed E-state index contributed by atoms with van der Waals surface area (Å²) in [4.78, 5) is 17.8. The van der Waals surface area contributed by atoms with E-state index in [1.165, 1.54) is 18.1 Å². The molecule has 1 rings (SSSR count). The summed E-state index contributed by atoms with van der Waals surface area (Å²) >= 11 is 10.5. The van der Waals surface area contributed by atoms with Crippen LogP contribution < -0.4 is 5.56 Å². The van der Waals surface area contributed by atoms with Crippen LogP contribution in [-0.2, 0) is 0 Å². The highest BCUT2D eigenvalue weighted by Gasteiger charge is 2.21. The van der Waals surface area contributed by atoms with Crippen LogP contribution in [0, 0.1) is 0 Å². The lowest BCUT2D eigenvalue weighted by molar-refractivity contribution is 0.804. The molecular weight excluding hydrogens is 288 g/mol. The lowest BCUT2D eigenvalue weighted by atomic mass is 10.2. The smallest absolute Gasteiger partial charge is 0.266 e. The van der Waals surface area contributed by atoms with Gasteiger partial charge in [-0.2, -0.15) is 0 Å². The van der Waals surface area contributed by atoms with Gasteiger partial charge in [0.1, 0.15) is 9.50 Å². The van der Waals surface area contributed by atoms with Crippen molar-refractivity contribution >= 4 is 39.3 Å². The van der Waals surface area contributed by atoms with Gasteiger partial charge in [0.05, 0.1) is 6.33 Å². The fourth-order valence-corrected chi connectivity index (χ4v) is 2.22. The number of rotatable bonds is 3. The number of hydrogen-bond acceptors (Lipinski definition) is 3. The molecule has 0 radical (unpaired) electrons. The number of aromatic nitrogens is 2. The molecule has 3 nitrogen and oxygen atoms in total. The average molecular weight is 298 g/mol. The van der Waals surface area contributed by atoms with E-state index in [0.717, 1.165) is 0 Å². The van der Waals surface area contributed by atoms with Crippen LogP contribution in [-0.4, -0.2) is 20.6 Å². The van der Waals surface area contributed by atoms with Crippen LogP contribution in [0.15, 0.2) is 20.6 Å². The van der Waals surface area contributed by atoms with Crippen LogP contribution in [0.4, 0.5) is 0 Å². The Balaban J connectivity index is 2.98. The molecule has 0 bridgehead atoms. The molecule has 6 heteroatoms. The van der Waals surface area contributed by atoms with Gasteiger partial charge >= 0.3 is 0 Å². The molecule has 1 aromatic heterocycles. The van der Waals surface area contributed by atoms with Crippen molar-refractivity contribution in [1.82, 2.24) is 9.97 Å². The van der Waals surface area contributed by atoms with Crippen LogP contribution in [0.5, 0.6) is 0 Å². The quantitative estimate of drug-likeness (QED) is 0.530. The zero-order valence-corrected chi connectivity index (χ0v) is 11.0. The second-order valence-corrected chi connectivity index (χ2v) is 6.10. The molecule has 0 aliphatic heterocycles. The van der Waals surface area contributed by atoms with Gasteiger partial charge in [-0.05, 0) is 29.8 Å². The van der Waals surface area contributed by atoms with Crippen LogP contribution in [0.1, 0.15) is 13.8 Å². The van der Waals surface area contributed by atoms with Gasteiger partial charge < -0.3 is 4.98 Å². The second kappa shape index (κ2) is 4.68. The van der Waals surface area contributed by atoms with Crippen molar-refractivity contribution < 1.29 is 0 Å². The van der Waals surface area contributed by atoms with Gasteiger partial charge in [-0.25, -0.2) is 4.98 Å². The molecule has 0 saturated carbocycles. The summed E-state index contributed by atoms with van der Waals surface area (Å²) in [5.74, 6) is 0.499. The first-order valence-electron chi connectivity index (χ1n) is 3.94. The third-order valence-electron chi connectivity index (χ3n) is 1.46. The SMILES string of the molecule is CC(C)(CCl)Sc1nc[nH]c(=O)c1Br. The molecule has 0 aromatic carbocycles. The molecule has 1 N–H and O–H groups in total. The molecule has 78 valence electrons. The number of aromatic amines is 1. The number of hydrogen-bond donors (Lipinski definition) is 1. The lowest BCUT2D eigenvalue weighted by Gasteiger charge is -2.19. The Morgan fingerprint density at radius 2 is 2.36 bits per heavy atom. The first-order chi connectivity index (χ1) is 6.46. The molecule has 14 heavy (non-hydrogen) atoms. The fourth-order valence-electron chi connectivity index (χ4n) is 0.727. The first-order valence-corrected chi connectivity index (χ1v) is 6.09. The molecule has 0 spiro atoms. The number of thioether (sulfide) groups is 1. The molecule has 1 aromatic rings. The van der Waals surface area contributed by atoms with E-state index in [-0.39, 0.29) is 10.3 Å². The number of nitrogens with one attached hydrogen (secondary N) is 1. The maximum Gasteiger partial charge on any atom is 0.266 e. The highest BCUT2D eigenvalue weighted by Crippen LogP contribution is 2.34. The van der Waals surface area contributed by atoms with E-state index in [2.05, 4.69) is 25.9 Å². The molecule has 1 heterocycles. The van der Waals surface area contributed by atoms with E-state index in [4.69, 9.17) is 11.6 Å². The lowest BCUT2D eigenvalue weighted by Crippen LogP contribution is -2.18. The highest BCUT2D eigenvalue weighted by atomic mass is 79.9. The van der Waals surface area contributed by atoms with Crippen molar-refractivity contribution in [2.24, 2.45) is 0 Å². The zero-order valence-electron chi connectivity index (χ0n) is 7.80. The van der Waals surface area contributed by atoms with Gasteiger partial charge in [0.2, 0.25) is 0 Å². The van der Waals surface area contributed by atoms with Crippen molar-refractivity contribution in [2.75, 3.05) is 5.88 Å². The number of H-pyrrole nitrogens is 1. The Morgan fingerprint density at radius 3 is 2.93 bits per heavy atom. The minimum absolute atomic E-state index is 0.134. The van der Waals surface area contributed by atoms with E-state index in [1.54, 1.807) is 0 Å². The van der Waals surface area contributed by atoms with Crippen molar-refractivity contribution in [1.29, 1.82) is 0 Å². The summed E-state index contributed by atoms with van der Waals surface area (Å²) in [6.07, 6.45) is 1.39. The summed E-state index contributed by atoms with van der Waals surface area (Å²) in [7, 11) is 0. The Morgan fingerprint density at radius 1 is 1.71 bits per heavy atom. The standard InChI is InChI=1S/C8H10BrClN2OS/c1-8(2,3-10)14-7-5(9)6(13)11-4-12-7/h4H,3H2,1-2H3,(H,11,12,13). The minimum atomic E-state index is -0.173. The number of nitrogens with zero attached hydrogens (tertiary/aromatic N) is 1. The predicted octanol–water partition coefficient (Wildman–Crippen LogP) is 2.64. The van der Waals surface area contributed by atoms with Gasteiger partial charge in [0.25, 0.3) is 5.56 Å². The van der Waals surface area contributed by atoms with Crippen molar-refractivity contribution in [3.63, 3.8) is 0 Å². The maximum atomic E-state index is 11.2. The normalized spacial score (nSPS) is 11.7. The third-order valence-corrected chi connectivity index (χ3v) is 4.48. The average Bonchev–Trinajstić information content (AvgIpc) is 2.13.